The molecule has 0 aliphatic carbocycles. The van der Waals surface area contributed by atoms with Gasteiger partial charge in [0.15, 0.2) is 0 Å². The number of nitriles is 1. The summed E-state index contributed by atoms with van der Waals surface area (Å²) in [4.78, 5) is 13.7. The first-order valence-electron chi connectivity index (χ1n) is 9.69. The highest BCUT2D eigenvalue weighted by atomic mass is 19.1. The molecular weight excluding hydrogens is 373 g/mol. The number of amides is 1. The maximum atomic E-state index is 14.0. The van der Waals surface area contributed by atoms with Gasteiger partial charge in [0.2, 0.25) is 5.91 Å². The van der Waals surface area contributed by atoms with Gasteiger partial charge in [-0.25, -0.2) is 4.39 Å². The molecule has 6 nitrogen and oxygen atoms in total. The maximum Gasteiger partial charge on any atom is 0.224 e. The fraction of sp³-hybridized carbons (Fsp3) is 0.364. The van der Waals surface area contributed by atoms with Gasteiger partial charge in [-0.05, 0) is 55.7 Å². The Kier molecular flexibility index (Phi) is 5.12. The summed E-state index contributed by atoms with van der Waals surface area (Å²) in [5.74, 6) is -0.179. The van der Waals surface area contributed by atoms with Crippen molar-refractivity contribution >= 4 is 17.3 Å². The number of carbonyl (C=O) groups is 1. The second kappa shape index (κ2) is 7.72. The second-order valence-corrected chi connectivity index (χ2v) is 7.61. The van der Waals surface area contributed by atoms with E-state index in [1.54, 1.807) is 18.2 Å². The number of benzene rings is 2. The van der Waals surface area contributed by atoms with E-state index in [9.17, 15) is 14.3 Å². The summed E-state index contributed by atoms with van der Waals surface area (Å²) in [5, 5.41) is 22.4. The predicted molar refractivity (Wildman–Crippen MR) is 106 cm³/mol. The van der Waals surface area contributed by atoms with Crippen molar-refractivity contribution in [2.45, 2.75) is 31.3 Å². The van der Waals surface area contributed by atoms with Crippen LogP contribution >= 0.6 is 0 Å². The van der Waals surface area contributed by atoms with Gasteiger partial charge in [0.1, 0.15) is 23.8 Å². The number of rotatable bonds is 4. The molecule has 2 aliphatic rings. The lowest BCUT2D eigenvalue weighted by Gasteiger charge is -2.39. The van der Waals surface area contributed by atoms with Crippen molar-refractivity contribution in [3.05, 3.63) is 53.3 Å². The quantitative estimate of drug-likeness (QED) is 0.831. The maximum absolute atomic E-state index is 14.0. The van der Waals surface area contributed by atoms with Gasteiger partial charge in [0.05, 0.1) is 17.3 Å². The van der Waals surface area contributed by atoms with Crippen LogP contribution in [0.1, 0.15) is 30.4 Å². The molecular formula is C22H22FN3O3. The van der Waals surface area contributed by atoms with E-state index in [1.807, 2.05) is 12.1 Å². The Morgan fingerprint density at radius 1 is 1.17 bits per heavy atom. The highest BCUT2D eigenvalue weighted by Crippen LogP contribution is 2.35. The molecule has 2 N–H and O–H groups in total. The number of piperidine rings is 1. The molecule has 1 saturated heterocycles. The van der Waals surface area contributed by atoms with E-state index in [0.29, 0.717) is 49.2 Å². The number of ether oxygens (including phenoxy) is 1. The lowest BCUT2D eigenvalue weighted by molar-refractivity contribution is -0.116. The van der Waals surface area contributed by atoms with Crippen LogP contribution in [0.4, 0.5) is 15.8 Å². The molecule has 4 rings (SSSR count). The fourth-order valence-electron chi connectivity index (χ4n) is 3.84. The van der Waals surface area contributed by atoms with Crippen LogP contribution in [-0.2, 0) is 11.2 Å². The predicted octanol–water partition coefficient (Wildman–Crippen LogP) is 2.99. The van der Waals surface area contributed by atoms with Gasteiger partial charge in [0, 0.05) is 30.8 Å². The van der Waals surface area contributed by atoms with Crippen molar-refractivity contribution in [1.29, 1.82) is 5.26 Å². The minimum absolute atomic E-state index is 0.111. The first-order valence-corrected chi connectivity index (χ1v) is 9.69. The van der Waals surface area contributed by atoms with Crippen LogP contribution in [-0.4, -0.2) is 36.3 Å². The molecule has 0 saturated carbocycles. The van der Waals surface area contributed by atoms with Gasteiger partial charge in [-0.15, -0.1) is 0 Å². The third-order valence-electron chi connectivity index (χ3n) is 5.64. The van der Waals surface area contributed by atoms with E-state index >= 15 is 0 Å². The van der Waals surface area contributed by atoms with Gasteiger partial charge in [-0.2, -0.15) is 5.26 Å². The second-order valence-electron chi connectivity index (χ2n) is 7.61. The van der Waals surface area contributed by atoms with Crippen LogP contribution in [0.15, 0.2) is 36.4 Å². The van der Waals surface area contributed by atoms with E-state index in [0.717, 1.165) is 5.69 Å². The van der Waals surface area contributed by atoms with Gasteiger partial charge >= 0.3 is 0 Å². The number of fused-ring (bicyclic) bond motifs is 1. The fourth-order valence-corrected chi connectivity index (χ4v) is 3.84. The van der Waals surface area contributed by atoms with Crippen molar-refractivity contribution in [3.8, 4) is 11.8 Å². The summed E-state index contributed by atoms with van der Waals surface area (Å²) in [6, 6.07) is 12.3. The summed E-state index contributed by atoms with van der Waals surface area (Å²) in [6.07, 6.45) is 1.77. The molecule has 7 heteroatoms. The van der Waals surface area contributed by atoms with Gasteiger partial charge in [0.25, 0.3) is 0 Å². The summed E-state index contributed by atoms with van der Waals surface area (Å²) in [7, 11) is 0. The zero-order valence-electron chi connectivity index (χ0n) is 15.9. The molecule has 0 unspecified atom stereocenters. The molecule has 2 aromatic rings. The Morgan fingerprint density at radius 3 is 2.59 bits per heavy atom. The Hall–Kier alpha value is -3.11. The number of hydrogen-bond donors (Lipinski definition) is 2. The normalized spacial score (nSPS) is 17.8. The summed E-state index contributed by atoms with van der Waals surface area (Å²) >= 11 is 0. The molecule has 2 aliphatic heterocycles. The SMILES string of the molecule is N#Cc1ccc(N2CCC(O)(COc3ccc(F)c4c3CCC(=O)N4)CC2)cc1. The van der Waals surface area contributed by atoms with Crippen LogP contribution in [0.3, 0.4) is 0 Å². The molecule has 2 heterocycles. The number of carbonyl (C=O) groups excluding carboxylic acids is 1. The first-order chi connectivity index (χ1) is 14.0. The zero-order valence-corrected chi connectivity index (χ0v) is 15.9. The van der Waals surface area contributed by atoms with Crippen molar-refractivity contribution in [2.75, 3.05) is 29.9 Å². The highest BCUT2D eigenvalue weighted by molar-refractivity contribution is 5.94. The van der Waals surface area contributed by atoms with Crippen LogP contribution in [0, 0.1) is 17.1 Å². The van der Waals surface area contributed by atoms with Crippen LogP contribution in [0.5, 0.6) is 5.75 Å². The van der Waals surface area contributed by atoms with Crippen molar-refractivity contribution in [1.82, 2.24) is 0 Å². The average Bonchev–Trinajstić information content (AvgIpc) is 2.74. The van der Waals surface area contributed by atoms with E-state index in [1.165, 1.54) is 6.07 Å². The third kappa shape index (κ3) is 4.03. The molecule has 0 aromatic heterocycles. The number of hydrogen-bond acceptors (Lipinski definition) is 5. The van der Waals surface area contributed by atoms with Crippen LogP contribution in [0.25, 0.3) is 0 Å². The molecule has 0 spiro atoms. The highest BCUT2D eigenvalue weighted by Gasteiger charge is 2.34. The molecule has 0 atom stereocenters. The smallest absolute Gasteiger partial charge is 0.224 e. The monoisotopic (exact) mass is 395 g/mol. The van der Waals surface area contributed by atoms with Gasteiger partial charge in [-0.3, -0.25) is 4.79 Å². The zero-order chi connectivity index (χ0) is 20.4. The number of anilines is 2. The standard InChI is InChI=1S/C22H22FN3O3/c23-18-6-7-19(17-5-8-20(27)25-21(17)18)29-14-22(28)9-11-26(12-10-22)16-3-1-15(13-24)2-4-16/h1-4,6-7,28H,5,8-12,14H2,(H,25,27). The molecule has 29 heavy (non-hydrogen) atoms. The Balaban J connectivity index is 1.39. The Labute approximate surface area is 168 Å². The minimum Gasteiger partial charge on any atom is -0.490 e. The Bertz CT molecular complexity index is 961. The van der Waals surface area contributed by atoms with Gasteiger partial charge < -0.3 is 20.1 Å². The molecule has 0 bridgehead atoms. The summed E-state index contributed by atoms with van der Waals surface area (Å²) in [5.41, 5.74) is 1.50. The van der Waals surface area contributed by atoms with Crippen molar-refractivity contribution < 1.29 is 19.0 Å². The van der Waals surface area contributed by atoms with E-state index < -0.39 is 11.4 Å². The van der Waals surface area contributed by atoms with E-state index in [-0.39, 0.29) is 24.6 Å². The van der Waals surface area contributed by atoms with Crippen LogP contribution < -0.4 is 15.0 Å². The lowest BCUT2D eigenvalue weighted by Crippen LogP contribution is -2.48. The molecule has 150 valence electrons. The van der Waals surface area contributed by atoms with Gasteiger partial charge in [-0.1, -0.05) is 0 Å². The topological polar surface area (TPSA) is 85.6 Å². The van der Waals surface area contributed by atoms with E-state index in [4.69, 9.17) is 10.00 Å². The molecule has 1 fully saturated rings. The van der Waals surface area contributed by atoms with Crippen molar-refractivity contribution in [3.63, 3.8) is 0 Å². The number of halogens is 1. The van der Waals surface area contributed by atoms with E-state index in [2.05, 4.69) is 16.3 Å². The lowest BCUT2D eigenvalue weighted by atomic mass is 9.92. The average molecular weight is 395 g/mol. The summed E-state index contributed by atoms with van der Waals surface area (Å²) in [6.45, 7) is 1.45. The Morgan fingerprint density at radius 2 is 1.90 bits per heavy atom. The van der Waals surface area contributed by atoms with Crippen molar-refractivity contribution in [2.24, 2.45) is 0 Å². The number of nitrogens with one attached hydrogen (secondary N) is 1. The number of nitrogens with zero attached hydrogens (tertiary/aromatic N) is 2. The first kappa shape index (κ1) is 19.2. The molecule has 0 radical (unpaired) electrons. The molecule has 1 amide bonds. The third-order valence-corrected chi connectivity index (χ3v) is 5.64. The summed E-state index contributed by atoms with van der Waals surface area (Å²) < 4.78 is 19.9. The van der Waals surface area contributed by atoms with Crippen LogP contribution in [0.2, 0.25) is 0 Å². The number of aliphatic hydroxyl groups is 1. The minimum atomic E-state index is -0.970. The molecule has 2 aromatic carbocycles. The largest absolute Gasteiger partial charge is 0.490 e.